The van der Waals surface area contributed by atoms with Crippen LogP contribution in [0, 0.1) is 11.8 Å². The summed E-state index contributed by atoms with van der Waals surface area (Å²) in [6, 6.07) is 0.872. The molecule has 0 bridgehead atoms. The number of aromatic nitrogens is 1. The number of nitrogens with zero attached hydrogens (tertiary/aromatic N) is 1. The lowest BCUT2D eigenvalue weighted by molar-refractivity contribution is -0.139. The molecule has 0 atom stereocenters. The Bertz CT molecular complexity index is 472. The van der Waals surface area contributed by atoms with Crippen molar-refractivity contribution in [2.24, 2.45) is 0 Å². The summed E-state index contributed by atoms with van der Waals surface area (Å²) in [6.07, 6.45) is -2.72. The van der Waals surface area contributed by atoms with Gasteiger partial charge >= 0.3 is 12.1 Å². The van der Waals surface area contributed by atoms with Gasteiger partial charge in [-0.2, -0.15) is 13.2 Å². The van der Waals surface area contributed by atoms with Crippen molar-refractivity contribution in [3.63, 3.8) is 0 Å². The number of esters is 1. The minimum absolute atomic E-state index is 0.101. The number of rotatable bonds is 1. The van der Waals surface area contributed by atoms with E-state index < -0.39 is 17.7 Å². The van der Waals surface area contributed by atoms with Crippen LogP contribution in [0.4, 0.5) is 13.2 Å². The van der Waals surface area contributed by atoms with E-state index in [1.54, 1.807) is 0 Å². The van der Waals surface area contributed by atoms with E-state index in [9.17, 15) is 18.0 Å². The first-order chi connectivity index (χ1) is 7.93. The van der Waals surface area contributed by atoms with Gasteiger partial charge in [0.1, 0.15) is 6.42 Å². The molecule has 1 rings (SSSR count). The first kappa shape index (κ1) is 13.0. The summed E-state index contributed by atoms with van der Waals surface area (Å²) in [5.41, 5.74) is -0.772. The SMILES string of the molecule is COC(=O)CC#Cc1cncc(C(F)(F)F)c1. The Labute approximate surface area is 95.6 Å². The van der Waals surface area contributed by atoms with Gasteiger partial charge in [0.2, 0.25) is 0 Å². The summed E-state index contributed by atoms with van der Waals surface area (Å²) in [7, 11) is 1.20. The van der Waals surface area contributed by atoms with Gasteiger partial charge in [-0.1, -0.05) is 11.8 Å². The summed E-state index contributed by atoms with van der Waals surface area (Å²) in [4.78, 5) is 14.1. The average molecular weight is 243 g/mol. The van der Waals surface area contributed by atoms with Gasteiger partial charge in [-0.25, -0.2) is 0 Å². The highest BCUT2D eigenvalue weighted by atomic mass is 19.4. The Morgan fingerprint density at radius 2 is 2.18 bits per heavy atom. The van der Waals surface area contributed by atoms with E-state index in [4.69, 9.17) is 0 Å². The van der Waals surface area contributed by atoms with Crippen LogP contribution in [0.2, 0.25) is 0 Å². The molecular formula is C11H8F3NO2. The highest BCUT2D eigenvalue weighted by Gasteiger charge is 2.30. The third-order valence-electron chi connectivity index (χ3n) is 1.76. The molecule has 0 aromatic carbocycles. The summed E-state index contributed by atoms with van der Waals surface area (Å²) >= 11 is 0. The number of methoxy groups -OCH3 is 1. The van der Waals surface area contributed by atoms with Crippen LogP contribution in [0.25, 0.3) is 0 Å². The maximum atomic E-state index is 12.3. The maximum absolute atomic E-state index is 12.3. The number of hydrogen-bond acceptors (Lipinski definition) is 3. The van der Waals surface area contributed by atoms with E-state index in [1.807, 2.05) is 0 Å². The molecule has 6 heteroatoms. The molecule has 17 heavy (non-hydrogen) atoms. The largest absolute Gasteiger partial charge is 0.468 e. The number of ether oxygens (including phenoxy) is 1. The first-order valence-corrected chi connectivity index (χ1v) is 4.51. The molecule has 0 saturated carbocycles. The summed E-state index contributed by atoms with van der Waals surface area (Å²) in [6.45, 7) is 0. The molecule has 0 saturated heterocycles. The van der Waals surface area contributed by atoms with E-state index in [-0.39, 0.29) is 12.0 Å². The molecule has 90 valence electrons. The van der Waals surface area contributed by atoms with Gasteiger partial charge < -0.3 is 4.74 Å². The molecule has 0 aliphatic heterocycles. The Balaban J connectivity index is 2.83. The Morgan fingerprint density at radius 3 is 2.76 bits per heavy atom. The smallest absolute Gasteiger partial charge is 0.417 e. The standard InChI is InChI=1S/C11H8F3NO2/c1-17-10(16)4-2-3-8-5-9(7-15-6-8)11(12,13)14/h5-7H,4H2,1H3. The van der Waals surface area contributed by atoms with Gasteiger partial charge in [-0.3, -0.25) is 9.78 Å². The van der Waals surface area contributed by atoms with Crippen LogP contribution in [0.3, 0.4) is 0 Å². The second kappa shape index (κ2) is 5.34. The molecule has 0 fully saturated rings. The van der Waals surface area contributed by atoms with Crippen LogP contribution in [-0.4, -0.2) is 18.1 Å². The first-order valence-electron chi connectivity index (χ1n) is 4.51. The number of pyridine rings is 1. The van der Waals surface area contributed by atoms with Crippen molar-refractivity contribution >= 4 is 5.97 Å². The Morgan fingerprint density at radius 1 is 1.47 bits per heavy atom. The second-order valence-electron chi connectivity index (χ2n) is 3.01. The van der Waals surface area contributed by atoms with Crippen LogP contribution >= 0.6 is 0 Å². The third-order valence-corrected chi connectivity index (χ3v) is 1.76. The zero-order valence-corrected chi connectivity index (χ0v) is 8.84. The van der Waals surface area contributed by atoms with Gasteiger partial charge in [0.25, 0.3) is 0 Å². The van der Waals surface area contributed by atoms with Crippen LogP contribution in [0.5, 0.6) is 0 Å². The summed E-state index contributed by atoms with van der Waals surface area (Å²) < 4.78 is 41.3. The number of carbonyl (C=O) groups is 1. The summed E-state index contributed by atoms with van der Waals surface area (Å²) in [5, 5.41) is 0. The zero-order valence-electron chi connectivity index (χ0n) is 8.84. The molecular weight excluding hydrogens is 235 g/mol. The highest BCUT2D eigenvalue weighted by molar-refractivity contribution is 5.72. The Kier molecular flexibility index (Phi) is 4.10. The van der Waals surface area contributed by atoms with E-state index in [2.05, 4.69) is 21.6 Å². The molecule has 0 N–H and O–H groups in total. The van der Waals surface area contributed by atoms with E-state index in [0.29, 0.717) is 6.20 Å². The van der Waals surface area contributed by atoms with Crippen molar-refractivity contribution in [3.05, 3.63) is 29.6 Å². The fourth-order valence-corrected chi connectivity index (χ4v) is 0.954. The van der Waals surface area contributed by atoms with Crippen LogP contribution < -0.4 is 0 Å². The number of carbonyl (C=O) groups excluding carboxylic acids is 1. The van der Waals surface area contributed by atoms with Crippen molar-refractivity contribution in [2.45, 2.75) is 12.6 Å². The minimum atomic E-state index is -4.45. The fraction of sp³-hybridized carbons (Fsp3) is 0.273. The average Bonchev–Trinajstić information content (AvgIpc) is 2.28. The fourth-order valence-electron chi connectivity index (χ4n) is 0.954. The third kappa shape index (κ3) is 4.15. The van der Waals surface area contributed by atoms with Crippen LogP contribution in [-0.2, 0) is 15.7 Å². The van der Waals surface area contributed by atoms with Crippen LogP contribution in [0.15, 0.2) is 18.5 Å². The second-order valence-corrected chi connectivity index (χ2v) is 3.01. The van der Waals surface area contributed by atoms with E-state index in [0.717, 1.165) is 6.07 Å². The van der Waals surface area contributed by atoms with Crippen molar-refractivity contribution in [3.8, 4) is 11.8 Å². The molecule has 1 heterocycles. The minimum Gasteiger partial charge on any atom is -0.468 e. The summed E-state index contributed by atoms with van der Waals surface area (Å²) in [5.74, 6) is 4.26. The molecule has 0 unspecified atom stereocenters. The maximum Gasteiger partial charge on any atom is 0.417 e. The molecule has 0 radical (unpaired) electrons. The van der Waals surface area contributed by atoms with Gasteiger partial charge in [0, 0.05) is 18.0 Å². The lowest BCUT2D eigenvalue weighted by atomic mass is 10.2. The van der Waals surface area contributed by atoms with Gasteiger partial charge in [0.15, 0.2) is 0 Å². The molecule has 1 aromatic rings. The van der Waals surface area contributed by atoms with Crippen molar-refractivity contribution in [1.29, 1.82) is 0 Å². The van der Waals surface area contributed by atoms with Crippen LogP contribution in [0.1, 0.15) is 17.5 Å². The molecule has 1 aromatic heterocycles. The lowest BCUT2D eigenvalue weighted by Gasteiger charge is -2.05. The number of alkyl halides is 3. The van der Waals surface area contributed by atoms with Crippen molar-refractivity contribution in [2.75, 3.05) is 7.11 Å². The van der Waals surface area contributed by atoms with Crippen molar-refractivity contribution < 1.29 is 22.7 Å². The topological polar surface area (TPSA) is 39.2 Å². The lowest BCUT2D eigenvalue weighted by Crippen LogP contribution is -2.05. The number of hydrogen-bond donors (Lipinski definition) is 0. The van der Waals surface area contributed by atoms with E-state index >= 15 is 0 Å². The monoisotopic (exact) mass is 243 g/mol. The molecule has 0 aliphatic rings. The van der Waals surface area contributed by atoms with Crippen molar-refractivity contribution in [1.82, 2.24) is 4.98 Å². The van der Waals surface area contributed by atoms with Gasteiger partial charge in [0.05, 0.1) is 12.7 Å². The predicted molar refractivity (Wildman–Crippen MR) is 52.8 cm³/mol. The molecule has 3 nitrogen and oxygen atoms in total. The quantitative estimate of drug-likeness (QED) is 0.559. The van der Waals surface area contributed by atoms with Gasteiger partial charge in [-0.05, 0) is 6.07 Å². The zero-order chi connectivity index (χ0) is 12.9. The number of halogens is 3. The Hall–Kier alpha value is -2.03. The molecule has 0 amide bonds. The molecule has 0 aliphatic carbocycles. The van der Waals surface area contributed by atoms with Gasteiger partial charge in [-0.15, -0.1) is 0 Å². The van der Waals surface area contributed by atoms with E-state index in [1.165, 1.54) is 13.3 Å². The normalized spacial score (nSPS) is 10.4. The highest BCUT2D eigenvalue weighted by Crippen LogP contribution is 2.28. The molecule has 0 spiro atoms. The predicted octanol–water partition coefficient (Wildman–Crippen LogP) is 2.02.